The molecule has 0 spiro atoms. The van der Waals surface area contributed by atoms with Gasteiger partial charge in [-0.2, -0.15) is 0 Å². The SMILES string of the molecule is COc1cccc(Oc2ccc(CNC(=O)CNC(=O)Cc3cccc4ccccc34)cn2)c1. The van der Waals surface area contributed by atoms with Crippen molar-refractivity contribution in [3.63, 3.8) is 0 Å². The highest BCUT2D eigenvalue weighted by atomic mass is 16.5. The summed E-state index contributed by atoms with van der Waals surface area (Å²) in [4.78, 5) is 28.8. The third-order valence-corrected chi connectivity index (χ3v) is 5.23. The minimum atomic E-state index is -0.275. The lowest BCUT2D eigenvalue weighted by molar-refractivity contribution is -0.125. The maximum atomic E-state index is 12.3. The number of amides is 2. The Kier molecular flexibility index (Phi) is 7.35. The molecule has 0 atom stereocenters. The smallest absolute Gasteiger partial charge is 0.239 e. The Morgan fingerprint density at radius 1 is 0.853 bits per heavy atom. The van der Waals surface area contributed by atoms with Crippen LogP contribution in [0, 0.1) is 0 Å². The second-order valence-corrected chi connectivity index (χ2v) is 7.65. The molecule has 3 aromatic carbocycles. The summed E-state index contributed by atoms with van der Waals surface area (Å²) in [5.41, 5.74) is 1.74. The van der Waals surface area contributed by atoms with Crippen LogP contribution in [0.5, 0.6) is 17.4 Å². The summed E-state index contributed by atoms with van der Waals surface area (Å²) in [7, 11) is 1.59. The highest BCUT2D eigenvalue weighted by molar-refractivity contribution is 5.91. The summed E-state index contributed by atoms with van der Waals surface area (Å²) in [6.07, 6.45) is 1.85. The van der Waals surface area contributed by atoms with E-state index < -0.39 is 0 Å². The molecule has 4 rings (SSSR count). The molecule has 0 saturated carbocycles. The first-order valence-electron chi connectivity index (χ1n) is 10.9. The first-order valence-corrected chi connectivity index (χ1v) is 10.9. The van der Waals surface area contributed by atoms with E-state index in [4.69, 9.17) is 9.47 Å². The highest BCUT2D eigenvalue weighted by Crippen LogP contribution is 2.24. The predicted molar refractivity (Wildman–Crippen MR) is 130 cm³/mol. The first-order chi connectivity index (χ1) is 16.6. The van der Waals surface area contributed by atoms with Crippen LogP contribution in [0.25, 0.3) is 10.8 Å². The molecule has 2 amide bonds. The second-order valence-electron chi connectivity index (χ2n) is 7.65. The number of nitrogens with zero attached hydrogens (tertiary/aromatic N) is 1. The van der Waals surface area contributed by atoms with Crippen molar-refractivity contribution in [2.75, 3.05) is 13.7 Å². The van der Waals surface area contributed by atoms with E-state index >= 15 is 0 Å². The molecule has 1 aromatic heterocycles. The van der Waals surface area contributed by atoms with Crippen LogP contribution in [0.2, 0.25) is 0 Å². The minimum Gasteiger partial charge on any atom is -0.497 e. The zero-order chi connectivity index (χ0) is 23.8. The molecule has 7 heteroatoms. The molecule has 1 heterocycles. The summed E-state index contributed by atoms with van der Waals surface area (Å²) in [6.45, 7) is 0.207. The molecular weight excluding hydrogens is 430 g/mol. The molecule has 0 aliphatic heterocycles. The van der Waals surface area contributed by atoms with Crippen LogP contribution < -0.4 is 20.1 Å². The van der Waals surface area contributed by atoms with Crippen LogP contribution in [0.15, 0.2) is 85.1 Å². The topological polar surface area (TPSA) is 89.5 Å². The summed E-state index contributed by atoms with van der Waals surface area (Å²) < 4.78 is 10.9. The Morgan fingerprint density at radius 2 is 1.65 bits per heavy atom. The van der Waals surface area contributed by atoms with Crippen LogP contribution in [0.3, 0.4) is 0 Å². The van der Waals surface area contributed by atoms with E-state index in [0.29, 0.717) is 23.9 Å². The van der Waals surface area contributed by atoms with Crippen molar-refractivity contribution < 1.29 is 19.1 Å². The van der Waals surface area contributed by atoms with Gasteiger partial charge in [0.2, 0.25) is 17.7 Å². The molecule has 7 nitrogen and oxygen atoms in total. The third kappa shape index (κ3) is 6.10. The molecule has 172 valence electrons. The lowest BCUT2D eigenvalue weighted by Crippen LogP contribution is -2.37. The monoisotopic (exact) mass is 455 g/mol. The molecule has 0 radical (unpaired) electrons. The van der Waals surface area contributed by atoms with Gasteiger partial charge in [-0.3, -0.25) is 9.59 Å². The number of ether oxygens (including phenoxy) is 2. The Bertz CT molecular complexity index is 1280. The Hall–Kier alpha value is -4.39. The number of carbonyl (C=O) groups is 2. The Morgan fingerprint density at radius 3 is 2.47 bits per heavy atom. The number of hydrogen-bond acceptors (Lipinski definition) is 5. The van der Waals surface area contributed by atoms with Gasteiger partial charge in [0.1, 0.15) is 11.5 Å². The van der Waals surface area contributed by atoms with Gasteiger partial charge < -0.3 is 20.1 Å². The first kappa shape index (κ1) is 22.8. The fraction of sp³-hybridized carbons (Fsp3) is 0.148. The van der Waals surface area contributed by atoms with E-state index in [0.717, 1.165) is 21.9 Å². The van der Waals surface area contributed by atoms with E-state index in [1.807, 2.05) is 66.7 Å². The molecule has 2 N–H and O–H groups in total. The highest BCUT2D eigenvalue weighted by Gasteiger charge is 2.09. The minimum absolute atomic E-state index is 0.0892. The van der Waals surface area contributed by atoms with Crippen molar-refractivity contribution in [2.45, 2.75) is 13.0 Å². The zero-order valence-electron chi connectivity index (χ0n) is 18.8. The van der Waals surface area contributed by atoms with Crippen molar-refractivity contribution in [1.82, 2.24) is 15.6 Å². The van der Waals surface area contributed by atoms with Crippen molar-refractivity contribution in [1.29, 1.82) is 0 Å². The number of rotatable bonds is 9. The molecule has 0 bridgehead atoms. The van der Waals surface area contributed by atoms with Crippen molar-refractivity contribution in [3.8, 4) is 17.4 Å². The average molecular weight is 456 g/mol. The molecule has 0 fully saturated rings. The lowest BCUT2D eigenvalue weighted by atomic mass is 10.0. The fourth-order valence-electron chi connectivity index (χ4n) is 3.49. The van der Waals surface area contributed by atoms with Gasteiger partial charge in [-0.1, -0.05) is 54.6 Å². The third-order valence-electron chi connectivity index (χ3n) is 5.23. The lowest BCUT2D eigenvalue weighted by Gasteiger charge is -2.09. The van der Waals surface area contributed by atoms with E-state index in [1.54, 1.807) is 25.4 Å². The Balaban J connectivity index is 1.22. The van der Waals surface area contributed by atoms with Gasteiger partial charge in [0.25, 0.3) is 0 Å². The Labute approximate surface area is 197 Å². The number of hydrogen-bond donors (Lipinski definition) is 2. The molecule has 4 aromatic rings. The van der Waals surface area contributed by atoms with E-state index in [1.165, 1.54) is 0 Å². The van der Waals surface area contributed by atoms with Crippen molar-refractivity contribution in [2.24, 2.45) is 0 Å². The largest absolute Gasteiger partial charge is 0.497 e. The maximum Gasteiger partial charge on any atom is 0.239 e. The van der Waals surface area contributed by atoms with E-state index in [-0.39, 0.29) is 24.8 Å². The maximum absolute atomic E-state index is 12.3. The van der Waals surface area contributed by atoms with Gasteiger partial charge in [0, 0.05) is 24.9 Å². The standard InChI is InChI=1S/C27H25N3O4/c1-33-22-9-5-10-23(15-22)34-27-13-12-19(17-30-27)16-28-26(32)18-29-25(31)14-21-8-4-7-20-6-2-3-11-24(20)21/h2-13,15,17H,14,16,18H2,1H3,(H,28,32)(H,29,31). The van der Waals surface area contributed by atoms with Crippen LogP contribution in [-0.4, -0.2) is 30.5 Å². The predicted octanol–water partition coefficient (Wildman–Crippen LogP) is 4.01. The van der Waals surface area contributed by atoms with Gasteiger partial charge in [-0.25, -0.2) is 4.98 Å². The van der Waals surface area contributed by atoms with Gasteiger partial charge in [0.15, 0.2) is 0 Å². The summed E-state index contributed by atoms with van der Waals surface area (Å²) >= 11 is 0. The summed E-state index contributed by atoms with van der Waals surface area (Å²) in [6, 6.07) is 24.6. The molecule has 0 aliphatic rings. The van der Waals surface area contributed by atoms with Crippen molar-refractivity contribution >= 4 is 22.6 Å². The number of aromatic nitrogens is 1. The summed E-state index contributed by atoms with van der Waals surface area (Å²) in [5.74, 6) is 1.27. The molecular formula is C27H25N3O4. The molecule has 34 heavy (non-hydrogen) atoms. The zero-order valence-corrected chi connectivity index (χ0v) is 18.8. The fourth-order valence-corrected chi connectivity index (χ4v) is 3.49. The normalized spacial score (nSPS) is 10.5. The van der Waals surface area contributed by atoms with Crippen molar-refractivity contribution in [3.05, 3.63) is 96.2 Å². The number of carbonyl (C=O) groups excluding carboxylic acids is 2. The van der Waals surface area contributed by atoms with Crippen LogP contribution in [-0.2, 0) is 22.6 Å². The molecule has 0 aliphatic carbocycles. The van der Waals surface area contributed by atoms with Gasteiger partial charge >= 0.3 is 0 Å². The van der Waals surface area contributed by atoms with Gasteiger partial charge in [-0.05, 0) is 34.0 Å². The van der Waals surface area contributed by atoms with Gasteiger partial charge in [-0.15, -0.1) is 0 Å². The van der Waals surface area contributed by atoms with Crippen LogP contribution in [0.4, 0.5) is 0 Å². The average Bonchev–Trinajstić information content (AvgIpc) is 2.87. The van der Waals surface area contributed by atoms with E-state index in [2.05, 4.69) is 15.6 Å². The van der Waals surface area contributed by atoms with E-state index in [9.17, 15) is 9.59 Å². The quantitative estimate of drug-likeness (QED) is 0.398. The number of nitrogens with one attached hydrogen (secondary N) is 2. The number of fused-ring (bicyclic) bond motifs is 1. The van der Waals surface area contributed by atoms with Crippen LogP contribution >= 0.6 is 0 Å². The van der Waals surface area contributed by atoms with Crippen LogP contribution in [0.1, 0.15) is 11.1 Å². The second kappa shape index (κ2) is 11.0. The number of methoxy groups -OCH3 is 1. The molecule has 0 saturated heterocycles. The number of pyridine rings is 1. The number of benzene rings is 3. The molecule has 0 unspecified atom stereocenters. The summed E-state index contributed by atoms with van der Waals surface area (Å²) in [5, 5.41) is 7.58. The van der Waals surface area contributed by atoms with Gasteiger partial charge in [0.05, 0.1) is 20.1 Å².